The molecule has 0 bridgehead atoms. The highest BCUT2D eigenvalue weighted by Crippen LogP contribution is 2.63. The topological polar surface area (TPSA) is 49.3 Å². The van der Waals surface area contributed by atoms with Crippen molar-refractivity contribution in [1.82, 2.24) is 5.32 Å². The van der Waals surface area contributed by atoms with Gasteiger partial charge in [-0.1, -0.05) is 32.1 Å². The van der Waals surface area contributed by atoms with E-state index in [1.165, 1.54) is 38.5 Å². The minimum absolute atomic E-state index is 0.270. The molecule has 1 aliphatic heterocycles. The Bertz CT molecular complexity index is 298. The molecule has 3 atom stereocenters. The Balaban J connectivity index is 1.60. The molecule has 0 aromatic heterocycles. The first-order valence-electron chi connectivity index (χ1n) is 6.67. The molecule has 2 aliphatic carbocycles. The summed E-state index contributed by atoms with van der Waals surface area (Å²) >= 11 is 0. The average molecular weight is 223 g/mol. The highest BCUT2D eigenvalue weighted by atomic mass is 16.4. The minimum atomic E-state index is -0.661. The van der Waals surface area contributed by atoms with E-state index < -0.39 is 5.97 Å². The molecule has 3 aliphatic rings. The molecule has 3 heteroatoms. The van der Waals surface area contributed by atoms with Gasteiger partial charge in [0, 0.05) is 6.54 Å². The van der Waals surface area contributed by atoms with Gasteiger partial charge in [-0.15, -0.1) is 0 Å². The number of carboxylic acid groups (broad SMARTS) is 1. The van der Waals surface area contributed by atoms with Gasteiger partial charge in [0.05, 0.1) is 0 Å². The predicted octanol–water partition coefficient (Wildman–Crippen LogP) is 2.02. The van der Waals surface area contributed by atoms with Crippen LogP contribution in [0.25, 0.3) is 0 Å². The summed E-state index contributed by atoms with van der Waals surface area (Å²) in [6, 6.07) is -0.270. The summed E-state index contributed by atoms with van der Waals surface area (Å²) in [6.45, 7) is 0.950. The number of carboxylic acids is 1. The van der Waals surface area contributed by atoms with Crippen LogP contribution in [0.1, 0.15) is 44.9 Å². The van der Waals surface area contributed by atoms with Crippen molar-refractivity contribution in [2.75, 3.05) is 6.54 Å². The van der Waals surface area contributed by atoms with Crippen LogP contribution in [-0.4, -0.2) is 23.7 Å². The number of hydrogen-bond acceptors (Lipinski definition) is 2. The van der Waals surface area contributed by atoms with Gasteiger partial charge in [0.1, 0.15) is 6.04 Å². The minimum Gasteiger partial charge on any atom is -0.480 e. The summed E-state index contributed by atoms with van der Waals surface area (Å²) in [5.41, 5.74) is 0.380. The Hall–Kier alpha value is -0.570. The Morgan fingerprint density at radius 2 is 1.94 bits per heavy atom. The monoisotopic (exact) mass is 223 g/mol. The smallest absolute Gasteiger partial charge is 0.320 e. The molecule has 16 heavy (non-hydrogen) atoms. The first kappa shape index (κ1) is 10.6. The second kappa shape index (κ2) is 3.73. The van der Waals surface area contributed by atoms with E-state index in [0.717, 1.165) is 24.8 Å². The fourth-order valence-electron chi connectivity index (χ4n) is 4.07. The lowest BCUT2D eigenvalue weighted by Gasteiger charge is -2.23. The van der Waals surface area contributed by atoms with Crippen molar-refractivity contribution in [3.8, 4) is 0 Å². The van der Waals surface area contributed by atoms with Crippen molar-refractivity contribution < 1.29 is 9.90 Å². The maximum atomic E-state index is 10.9. The SMILES string of the molecule is O=C(O)[C@@H]1C[C@@]2(CN1)C[C@H]2C1CCCCC1. The summed E-state index contributed by atoms with van der Waals surface area (Å²) in [6.07, 6.45) is 9.15. The van der Waals surface area contributed by atoms with Crippen LogP contribution in [0.2, 0.25) is 0 Å². The van der Waals surface area contributed by atoms with Gasteiger partial charge in [0.25, 0.3) is 0 Å². The number of aliphatic carboxylic acids is 1. The standard InChI is InChI=1S/C13H21NO2/c15-12(16)11-7-13(8-14-11)6-10(13)9-4-2-1-3-5-9/h9-11,14H,1-8H2,(H,15,16)/t10-,11-,13+/m0/s1. The maximum Gasteiger partial charge on any atom is 0.320 e. The first-order valence-corrected chi connectivity index (χ1v) is 6.67. The molecule has 3 rings (SSSR count). The van der Waals surface area contributed by atoms with Crippen LogP contribution < -0.4 is 5.32 Å². The van der Waals surface area contributed by atoms with E-state index in [1.54, 1.807) is 0 Å². The van der Waals surface area contributed by atoms with Crippen LogP contribution >= 0.6 is 0 Å². The van der Waals surface area contributed by atoms with Gasteiger partial charge in [-0.3, -0.25) is 4.79 Å². The van der Waals surface area contributed by atoms with E-state index in [0.29, 0.717) is 5.41 Å². The van der Waals surface area contributed by atoms with Crippen LogP contribution in [0, 0.1) is 17.3 Å². The van der Waals surface area contributed by atoms with E-state index in [-0.39, 0.29) is 6.04 Å². The molecule has 0 amide bonds. The van der Waals surface area contributed by atoms with Crippen LogP contribution in [0.3, 0.4) is 0 Å². The average Bonchev–Trinajstić information content (AvgIpc) is 2.80. The molecule has 0 aromatic carbocycles. The molecule has 3 fully saturated rings. The van der Waals surface area contributed by atoms with Crippen LogP contribution in [0.15, 0.2) is 0 Å². The molecule has 3 nitrogen and oxygen atoms in total. The number of nitrogens with one attached hydrogen (secondary N) is 1. The lowest BCUT2D eigenvalue weighted by Crippen LogP contribution is -2.29. The molecule has 90 valence electrons. The summed E-state index contributed by atoms with van der Waals surface area (Å²) in [5.74, 6) is 1.08. The molecule has 0 aromatic rings. The molecule has 2 saturated carbocycles. The fourth-order valence-corrected chi connectivity index (χ4v) is 4.07. The lowest BCUT2D eigenvalue weighted by molar-refractivity contribution is -0.139. The van der Waals surface area contributed by atoms with Gasteiger partial charge in [-0.05, 0) is 30.1 Å². The van der Waals surface area contributed by atoms with Crippen LogP contribution in [0.5, 0.6) is 0 Å². The highest BCUT2D eigenvalue weighted by Gasteiger charge is 2.60. The largest absolute Gasteiger partial charge is 0.480 e. The van der Waals surface area contributed by atoms with Crippen LogP contribution in [-0.2, 0) is 4.79 Å². The first-order chi connectivity index (χ1) is 7.71. The van der Waals surface area contributed by atoms with Gasteiger partial charge in [-0.25, -0.2) is 0 Å². The zero-order valence-corrected chi connectivity index (χ0v) is 9.74. The van der Waals surface area contributed by atoms with Gasteiger partial charge in [0.2, 0.25) is 0 Å². The van der Waals surface area contributed by atoms with E-state index in [9.17, 15) is 4.79 Å². The molecular formula is C13H21NO2. The summed E-state index contributed by atoms with van der Waals surface area (Å²) in [7, 11) is 0. The van der Waals surface area contributed by atoms with Crippen molar-refractivity contribution in [3.63, 3.8) is 0 Å². The Kier molecular flexibility index (Phi) is 2.46. The van der Waals surface area contributed by atoms with Crippen molar-refractivity contribution >= 4 is 5.97 Å². The number of carbonyl (C=O) groups is 1. The third-order valence-corrected chi connectivity index (χ3v) is 5.08. The van der Waals surface area contributed by atoms with Gasteiger partial charge >= 0.3 is 5.97 Å². The molecule has 0 radical (unpaired) electrons. The molecular weight excluding hydrogens is 202 g/mol. The van der Waals surface area contributed by atoms with Crippen molar-refractivity contribution in [1.29, 1.82) is 0 Å². The predicted molar refractivity (Wildman–Crippen MR) is 61.2 cm³/mol. The molecule has 1 saturated heterocycles. The Labute approximate surface area is 96.6 Å². The lowest BCUT2D eigenvalue weighted by atomic mass is 9.82. The summed E-state index contributed by atoms with van der Waals surface area (Å²) in [5, 5.41) is 12.2. The van der Waals surface area contributed by atoms with Crippen molar-refractivity contribution in [2.24, 2.45) is 17.3 Å². The Morgan fingerprint density at radius 3 is 2.56 bits per heavy atom. The molecule has 2 N–H and O–H groups in total. The molecule has 0 unspecified atom stereocenters. The van der Waals surface area contributed by atoms with E-state index in [1.807, 2.05) is 0 Å². The number of hydrogen-bond donors (Lipinski definition) is 2. The fraction of sp³-hybridized carbons (Fsp3) is 0.923. The van der Waals surface area contributed by atoms with Gasteiger partial charge in [-0.2, -0.15) is 0 Å². The second-order valence-electron chi connectivity index (χ2n) is 6.05. The third-order valence-electron chi connectivity index (χ3n) is 5.08. The van der Waals surface area contributed by atoms with Gasteiger partial charge < -0.3 is 10.4 Å². The van der Waals surface area contributed by atoms with Gasteiger partial charge in [0.15, 0.2) is 0 Å². The van der Waals surface area contributed by atoms with Crippen LogP contribution in [0.4, 0.5) is 0 Å². The zero-order valence-electron chi connectivity index (χ0n) is 9.74. The van der Waals surface area contributed by atoms with E-state index in [2.05, 4.69) is 5.32 Å². The van der Waals surface area contributed by atoms with Crippen molar-refractivity contribution in [2.45, 2.75) is 51.0 Å². The highest BCUT2D eigenvalue weighted by molar-refractivity contribution is 5.74. The Morgan fingerprint density at radius 1 is 1.19 bits per heavy atom. The normalized spacial score (nSPS) is 43.8. The van der Waals surface area contributed by atoms with Crippen molar-refractivity contribution in [3.05, 3.63) is 0 Å². The van der Waals surface area contributed by atoms with E-state index in [4.69, 9.17) is 5.11 Å². The maximum absolute atomic E-state index is 10.9. The quantitative estimate of drug-likeness (QED) is 0.753. The number of rotatable bonds is 2. The molecule has 1 spiro atoms. The van der Waals surface area contributed by atoms with E-state index >= 15 is 0 Å². The molecule has 1 heterocycles. The third kappa shape index (κ3) is 1.65. The summed E-state index contributed by atoms with van der Waals surface area (Å²) in [4.78, 5) is 10.9. The summed E-state index contributed by atoms with van der Waals surface area (Å²) < 4.78 is 0. The second-order valence-corrected chi connectivity index (χ2v) is 6.05. The zero-order chi connectivity index (χ0) is 11.2.